The van der Waals surface area contributed by atoms with Gasteiger partial charge in [-0.1, -0.05) is 25.4 Å². The third-order valence-electron chi connectivity index (χ3n) is 3.28. The van der Waals surface area contributed by atoms with Crippen molar-refractivity contribution in [3.8, 4) is 11.1 Å². The van der Waals surface area contributed by atoms with Gasteiger partial charge in [-0.05, 0) is 17.9 Å². The third-order valence-corrected chi connectivity index (χ3v) is 3.49. The van der Waals surface area contributed by atoms with Crippen LogP contribution in [-0.2, 0) is 13.0 Å². The zero-order valence-corrected chi connectivity index (χ0v) is 11.0. The van der Waals surface area contributed by atoms with Crippen molar-refractivity contribution in [3.05, 3.63) is 35.1 Å². The van der Waals surface area contributed by atoms with Crippen LogP contribution in [0.2, 0.25) is 5.15 Å². The Morgan fingerprint density at radius 1 is 1.33 bits per heavy atom. The maximum absolute atomic E-state index is 13.8. The van der Waals surface area contributed by atoms with E-state index in [-0.39, 0.29) is 11.2 Å². The third kappa shape index (κ3) is 1.81. The second-order valence-electron chi connectivity index (χ2n) is 5.49. The molecule has 0 atom stereocenters. The van der Waals surface area contributed by atoms with Crippen molar-refractivity contribution in [1.82, 2.24) is 14.8 Å². The summed E-state index contributed by atoms with van der Waals surface area (Å²) in [6, 6.07) is 1.56. The predicted molar refractivity (Wildman–Crippen MR) is 67.9 cm³/mol. The maximum Gasteiger partial charge on any atom is 0.149 e. The summed E-state index contributed by atoms with van der Waals surface area (Å²) in [6.07, 6.45) is 3.75. The van der Waals surface area contributed by atoms with Gasteiger partial charge in [-0.3, -0.25) is 4.68 Å². The molecule has 0 amide bonds. The molecule has 0 fully saturated rings. The monoisotopic (exact) mass is 265 g/mol. The van der Waals surface area contributed by atoms with Crippen LogP contribution in [-0.4, -0.2) is 14.8 Å². The van der Waals surface area contributed by atoms with E-state index in [1.807, 2.05) is 4.68 Å². The van der Waals surface area contributed by atoms with Gasteiger partial charge in [0, 0.05) is 23.4 Å². The first-order valence-electron chi connectivity index (χ1n) is 5.82. The summed E-state index contributed by atoms with van der Waals surface area (Å²) in [7, 11) is 0. The number of rotatable bonds is 1. The Kier molecular flexibility index (Phi) is 2.45. The standard InChI is InChI=1S/C13H13ClFN3/c1-13(2)4-11-9(5-17-18(11)7-13)8-3-12(14)16-6-10(8)15/h3,5-6H,4,7H2,1-2H3. The minimum atomic E-state index is -0.361. The molecule has 1 aliphatic rings. The van der Waals surface area contributed by atoms with Gasteiger partial charge in [0.15, 0.2) is 0 Å². The number of hydrogen-bond donors (Lipinski definition) is 0. The first-order valence-corrected chi connectivity index (χ1v) is 6.20. The van der Waals surface area contributed by atoms with Crippen LogP contribution in [0.3, 0.4) is 0 Å². The lowest BCUT2D eigenvalue weighted by atomic mass is 9.89. The van der Waals surface area contributed by atoms with E-state index in [1.165, 1.54) is 0 Å². The Morgan fingerprint density at radius 3 is 2.89 bits per heavy atom. The van der Waals surface area contributed by atoms with Crippen LogP contribution in [0, 0.1) is 11.2 Å². The summed E-state index contributed by atoms with van der Waals surface area (Å²) in [6.45, 7) is 5.23. The fourth-order valence-electron chi connectivity index (χ4n) is 2.49. The van der Waals surface area contributed by atoms with Gasteiger partial charge < -0.3 is 0 Å². The van der Waals surface area contributed by atoms with Crippen molar-refractivity contribution in [2.24, 2.45) is 5.41 Å². The molecule has 18 heavy (non-hydrogen) atoms. The van der Waals surface area contributed by atoms with Crippen molar-refractivity contribution in [2.45, 2.75) is 26.8 Å². The van der Waals surface area contributed by atoms with Gasteiger partial charge in [-0.25, -0.2) is 9.37 Å². The molecule has 0 N–H and O–H groups in total. The smallest absolute Gasteiger partial charge is 0.149 e. The second kappa shape index (κ2) is 3.79. The molecule has 94 valence electrons. The average molecular weight is 266 g/mol. The Hall–Kier alpha value is -1.42. The van der Waals surface area contributed by atoms with E-state index in [2.05, 4.69) is 23.9 Å². The molecule has 2 aromatic rings. The van der Waals surface area contributed by atoms with Crippen LogP contribution in [0.4, 0.5) is 4.39 Å². The van der Waals surface area contributed by atoms with E-state index >= 15 is 0 Å². The van der Waals surface area contributed by atoms with Gasteiger partial charge in [0.05, 0.1) is 12.4 Å². The molecule has 0 aliphatic carbocycles. The first kappa shape index (κ1) is 11.7. The molecular formula is C13H13ClFN3. The van der Waals surface area contributed by atoms with Crippen LogP contribution in [0.1, 0.15) is 19.5 Å². The van der Waals surface area contributed by atoms with E-state index < -0.39 is 0 Å². The number of nitrogens with zero attached hydrogens (tertiary/aromatic N) is 3. The van der Waals surface area contributed by atoms with Crippen molar-refractivity contribution in [3.63, 3.8) is 0 Å². The molecule has 0 bridgehead atoms. The Balaban J connectivity index is 2.13. The molecule has 3 nitrogen and oxygen atoms in total. The summed E-state index contributed by atoms with van der Waals surface area (Å²) in [5, 5.41) is 4.62. The number of pyridine rings is 1. The largest absolute Gasteiger partial charge is 0.268 e. The highest BCUT2D eigenvalue weighted by Gasteiger charge is 2.32. The molecule has 0 saturated carbocycles. The predicted octanol–water partition coefficient (Wildman–Crippen LogP) is 3.32. The van der Waals surface area contributed by atoms with E-state index in [1.54, 1.807) is 12.3 Å². The minimum absolute atomic E-state index is 0.172. The molecule has 0 aromatic carbocycles. The second-order valence-corrected chi connectivity index (χ2v) is 5.88. The van der Waals surface area contributed by atoms with E-state index in [4.69, 9.17) is 11.6 Å². The summed E-state index contributed by atoms with van der Waals surface area (Å²) in [5.74, 6) is -0.361. The highest BCUT2D eigenvalue weighted by atomic mass is 35.5. The van der Waals surface area contributed by atoms with Gasteiger partial charge in [0.1, 0.15) is 11.0 Å². The van der Waals surface area contributed by atoms with Crippen molar-refractivity contribution < 1.29 is 4.39 Å². The highest BCUT2D eigenvalue weighted by molar-refractivity contribution is 6.29. The summed E-state index contributed by atoms with van der Waals surface area (Å²) < 4.78 is 15.8. The number of aromatic nitrogens is 3. The summed E-state index contributed by atoms with van der Waals surface area (Å²) >= 11 is 5.84. The molecule has 1 aliphatic heterocycles. The molecule has 0 unspecified atom stereocenters. The number of fused-ring (bicyclic) bond motifs is 1. The molecule has 0 radical (unpaired) electrons. The summed E-state index contributed by atoms with van der Waals surface area (Å²) in [4.78, 5) is 3.73. The number of halogens is 2. The van der Waals surface area contributed by atoms with Crippen molar-refractivity contribution >= 4 is 11.6 Å². The Bertz CT molecular complexity index is 619. The Morgan fingerprint density at radius 2 is 2.11 bits per heavy atom. The maximum atomic E-state index is 13.8. The SMILES string of the molecule is CC1(C)Cc2c(-c3cc(Cl)ncc3F)cnn2C1. The van der Waals surface area contributed by atoms with E-state index in [0.29, 0.717) is 10.7 Å². The van der Waals surface area contributed by atoms with Crippen LogP contribution < -0.4 is 0 Å². The lowest BCUT2D eigenvalue weighted by Crippen LogP contribution is -2.12. The quantitative estimate of drug-likeness (QED) is 0.741. The van der Waals surface area contributed by atoms with Crippen molar-refractivity contribution in [2.75, 3.05) is 0 Å². The van der Waals surface area contributed by atoms with Gasteiger partial charge >= 0.3 is 0 Å². The van der Waals surface area contributed by atoms with Crippen LogP contribution >= 0.6 is 11.6 Å². The molecule has 5 heteroatoms. The normalized spacial score (nSPS) is 16.9. The van der Waals surface area contributed by atoms with Gasteiger partial charge in [0.25, 0.3) is 0 Å². The van der Waals surface area contributed by atoms with Crippen LogP contribution in [0.5, 0.6) is 0 Å². The zero-order chi connectivity index (χ0) is 12.9. The first-order chi connectivity index (χ1) is 8.46. The highest BCUT2D eigenvalue weighted by Crippen LogP contribution is 2.37. The van der Waals surface area contributed by atoms with Gasteiger partial charge in [0.2, 0.25) is 0 Å². The van der Waals surface area contributed by atoms with E-state index in [0.717, 1.165) is 30.4 Å². The average Bonchev–Trinajstić information content (AvgIpc) is 2.77. The molecule has 3 heterocycles. The number of hydrogen-bond acceptors (Lipinski definition) is 2. The Labute approximate surface area is 110 Å². The topological polar surface area (TPSA) is 30.7 Å². The molecule has 3 rings (SSSR count). The lowest BCUT2D eigenvalue weighted by Gasteiger charge is -2.14. The molecule has 2 aromatic heterocycles. The fraction of sp³-hybridized carbons (Fsp3) is 0.385. The molecule has 0 saturated heterocycles. The fourth-order valence-corrected chi connectivity index (χ4v) is 2.65. The lowest BCUT2D eigenvalue weighted by molar-refractivity contribution is 0.347. The van der Waals surface area contributed by atoms with E-state index in [9.17, 15) is 4.39 Å². The summed E-state index contributed by atoms with van der Waals surface area (Å²) in [5.41, 5.74) is 2.54. The molecule has 0 spiro atoms. The van der Waals surface area contributed by atoms with Crippen LogP contribution in [0.25, 0.3) is 11.1 Å². The zero-order valence-electron chi connectivity index (χ0n) is 10.2. The minimum Gasteiger partial charge on any atom is -0.268 e. The van der Waals surface area contributed by atoms with Crippen LogP contribution in [0.15, 0.2) is 18.5 Å². The van der Waals surface area contributed by atoms with Gasteiger partial charge in [-0.2, -0.15) is 5.10 Å². The van der Waals surface area contributed by atoms with Gasteiger partial charge in [-0.15, -0.1) is 0 Å². The molecular weight excluding hydrogens is 253 g/mol. The van der Waals surface area contributed by atoms with Crippen molar-refractivity contribution in [1.29, 1.82) is 0 Å².